The molecule has 1 unspecified atom stereocenters. The Morgan fingerprint density at radius 3 is 2.67 bits per heavy atom. The van der Waals surface area contributed by atoms with Crippen molar-refractivity contribution in [2.75, 3.05) is 40.8 Å². The first-order valence-electron chi connectivity index (χ1n) is 8.46. The van der Waals surface area contributed by atoms with Gasteiger partial charge in [-0.3, -0.25) is 4.99 Å². The highest BCUT2D eigenvalue weighted by Crippen LogP contribution is 2.27. The summed E-state index contributed by atoms with van der Waals surface area (Å²) in [5.74, 6) is 2.63. The monoisotopic (exact) mass is 446 g/mol. The van der Waals surface area contributed by atoms with Crippen LogP contribution in [0.5, 0.6) is 5.75 Å². The van der Waals surface area contributed by atoms with Crippen LogP contribution in [0.4, 0.5) is 0 Å². The van der Waals surface area contributed by atoms with Gasteiger partial charge in [-0.05, 0) is 57.5 Å². The van der Waals surface area contributed by atoms with E-state index < -0.39 is 0 Å². The Morgan fingerprint density at radius 1 is 1.33 bits per heavy atom. The number of hydrogen-bond donors (Lipinski definition) is 2. The Kier molecular flexibility index (Phi) is 9.43. The van der Waals surface area contributed by atoms with E-state index in [2.05, 4.69) is 48.7 Å². The Hall–Kier alpha value is -1.02. The molecule has 0 spiro atoms. The van der Waals surface area contributed by atoms with Gasteiger partial charge in [-0.2, -0.15) is 0 Å². The molecule has 5 nitrogen and oxygen atoms in total. The summed E-state index contributed by atoms with van der Waals surface area (Å²) in [7, 11) is 5.88. The molecule has 1 fully saturated rings. The Balaban J connectivity index is 0.00000288. The normalized spacial score (nSPS) is 15.6. The summed E-state index contributed by atoms with van der Waals surface area (Å²) in [6.45, 7) is 4.71. The molecule has 0 aromatic heterocycles. The van der Waals surface area contributed by atoms with E-state index in [-0.39, 0.29) is 30.0 Å². The third kappa shape index (κ3) is 6.84. The number of halogens is 1. The third-order valence-corrected chi connectivity index (χ3v) is 4.12. The first-order valence-corrected chi connectivity index (χ1v) is 8.46. The van der Waals surface area contributed by atoms with Crippen molar-refractivity contribution in [3.05, 3.63) is 29.8 Å². The van der Waals surface area contributed by atoms with Gasteiger partial charge in [0.15, 0.2) is 5.96 Å². The van der Waals surface area contributed by atoms with Crippen LogP contribution in [0.15, 0.2) is 29.3 Å². The van der Waals surface area contributed by atoms with E-state index in [1.807, 2.05) is 12.1 Å². The SMILES string of the molecule is CCNC(=NCC(c1cccc(OC)c1)N(C)C)NCC1CC1.I. The van der Waals surface area contributed by atoms with Gasteiger partial charge in [-0.25, -0.2) is 0 Å². The Bertz CT molecular complexity index is 517. The van der Waals surface area contributed by atoms with Crippen molar-refractivity contribution in [1.29, 1.82) is 0 Å². The van der Waals surface area contributed by atoms with Crippen molar-refractivity contribution in [2.45, 2.75) is 25.8 Å². The highest BCUT2D eigenvalue weighted by Gasteiger charge is 2.21. The minimum Gasteiger partial charge on any atom is -0.497 e. The number of likely N-dealkylation sites (N-methyl/N-ethyl adjacent to an activating group) is 1. The lowest BCUT2D eigenvalue weighted by molar-refractivity contribution is 0.305. The molecule has 1 saturated carbocycles. The fourth-order valence-corrected chi connectivity index (χ4v) is 2.50. The quantitative estimate of drug-likeness (QED) is 0.367. The van der Waals surface area contributed by atoms with Crippen molar-refractivity contribution < 1.29 is 4.74 Å². The number of methoxy groups -OCH3 is 1. The molecule has 0 heterocycles. The van der Waals surface area contributed by atoms with Gasteiger partial charge in [0.05, 0.1) is 19.7 Å². The van der Waals surface area contributed by atoms with Crippen molar-refractivity contribution >= 4 is 29.9 Å². The molecule has 0 amide bonds. The fourth-order valence-electron chi connectivity index (χ4n) is 2.50. The topological polar surface area (TPSA) is 48.9 Å². The van der Waals surface area contributed by atoms with Gasteiger partial charge in [-0.15, -0.1) is 24.0 Å². The van der Waals surface area contributed by atoms with Crippen molar-refractivity contribution in [3.63, 3.8) is 0 Å². The maximum Gasteiger partial charge on any atom is 0.191 e. The predicted molar refractivity (Wildman–Crippen MR) is 112 cm³/mol. The summed E-state index contributed by atoms with van der Waals surface area (Å²) >= 11 is 0. The van der Waals surface area contributed by atoms with Gasteiger partial charge in [0.25, 0.3) is 0 Å². The van der Waals surface area contributed by atoms with Crippen LogP contribution >= 0.6 is 24.0 Å². The molecule has 24 heavy (non-hydrogen) atoms. The van der Waals surface area contributed by atoms with E-state index in [9.17, 15) is 0 Å². The molecule has 0 saturated heterocycles. The lowest BCUT2D eigenvalue weighted by Gasteiger charge is -2.24. The van der Waals surface area contributed by atoms with E-state index in [1.54, 1.807) is 7.11 Å². The first kappa shape index (κ1) is 21.0. The Labute approximate surface area is 163 Å². The number of rotatable bonds is 8. The molecule has 136 valence electrons. The molecule has 2 N–H and O–H groups in total. The van der Waals surface area contributed by atoms with Crippen LogP contribution < -0.4 is 15.4 Å². The molecule has 6 heteroatoms. The number of ether oxygens (including phenoxy) is 1. The lowest BCUT2D eigenvalue weighted by Crippen LogP contribution is -2.39. The zero-order chi connectivity index (χ0) is 16.7. The number of nitrogens with one attached hydrogen (secondary N) is 2. The van der Waals surface area contributed by atoms with E-state index in [0.29, 0.717) is 6.54 Å². The largest absolute Gasteiger partial charge is 0.497 e. The lowest BCUT2D eigenvalue weighted by atomic mass is 10.1. The smallest absolute Gasteiger partial charge is 0.191 e. The second-order valence-corrected chi connectivity index (χ2v) is 6.30. The standard InChI is InChI=1S/C18H30N4O.HI/c1-5-19-18(20-12-14-9-10-14)21-13-17(22(2)3)15-7-6-8-16(11-15)23-4;/h6-8,11,14,17H,5,9-10,12-13H2,1-4H3,(H2,19,20,21);1H. The molecule has 1 aromatic rings. The maximum absolute atomic E-state index is 5.34. The molecule has 1 atom stereocenters. The molecule has 0 aliphatic heterocycles. The summed E-state index contributed by atoms with van der Waals surface area (Å²) in [5, 5.41) is 6.78. The average molecular weight is 446 g/mol. The number of benzene rings is 1. The van der Waals surface area contributed by atoms with E-state index in [4.69, 9.17) is 9.73 Å². The molecule has 1 aliphatic carbocycles. The predicted octanol–water partition coefficient (Wildman–Crippen LogP) is 2.88. The number of nitrogens with zero attached hydrogens (tertiary/aromatic N) is 2. The summed E-state index contributed by atoms with van der Waals surface area (Å²) in [5.41, 5.74) is 1.22. The van der Waals surface area contributed by atoms with E-state index in [1.165, 1.54) is 18.4 Å². The number of guanidine groups is 1. The molecule has 0 radical (unpaired) electrons. The van der Waals surface area contributed by atoms with Gasteiger partial charge in [0.2, 0.25) is 0 Å². The second-order valence-electron chi connectivity index (χ2n) is 6.30. The first-order chi connectivity index (χ1) is 11.1. The summed E-state index contributed by atoms with van der Waals surface area (Å²) in [4.78, 5) is 6.98. The van der Waals surface area contributed by atoms with Gasteiger partial charge < -0.3 is 20.3 Å². The molecular formula is C18H31IN4O. The van der Waals surface area contributed by atoms with Crippen LogP contribution in [-0.2, 0) is 0 Å². The van der Waals surface area contributed by atoms with Gasteiger partial charge >= 0.3 is 0 Å². The number of aliphatic imine (C=N–C) groups is 1. The summed E-state index contributed by atoms with van der Waals surface area (Å²) in [6, 6.07) is 8.45. The van der Waals surface area contributed by atoms with Crippen LogP contribution in [0.1, 0.15) is 31.4 Å². The van der Waals surface area contributed by atoms with Crippen molar-refractivity contribution in [1.82, 2.24) is 15.5 Å². The second kappa shape index (κ2) is 10.8. The third-order valence-electron chi connectivity index (χ3n) is 4.12. The Morgan fingerprint density at radius 2 is 2.08 bits per heavy atom. The van der Waals surface area contributed by atoms with Gasteiger partial charge in [0, 0.05) is 13.1 Å². The maximum atomic E-state index is 5.34. The van der Waals surface area contributed by atoms with Crippen LogP contribution in [0.25, 0.3) is 0 Å². The minimum atomic E-state index is 0. The summed E-state index contributed by atoms with van der Waals surface area (Å²) < 4.78 is 5.34. The van der Waals surface area contributed by atoms with Crippen LogP contribution in [0, 0.1) is 5.92 Å². The van der Waals surface area contributed by atoms with Crippen molar-refractivity contribution in [3.8, 4) is 5.75 Å². The molecule has 1 aromatic carbocycles. The van der Waals surface area contributed by atoms with Crippen molar-refractivity contribution in [2.24, 2.45) is 10.9 Å². The molecule has 0 bridgehead atoms. The van der Waals surface area contributed by atoms with Gasteiger partial charge in [0.1, 0.15) is 5.75 Å². The molecular weight excluding hydrogens is 415 g/mol. The van der Waals surface area contributed by atoms with Gasteiger partial charge in [-0.1, -0.05) is 12.1 Å². The van der Waals surface area contributed by atoms with E-state index >= 15 is 0 Å². The van der Waals surface area contributed by atoms with Crippen LogP contribution in [-0.4, -0.2) is 51.7 Å². The van der Waals surface area contributed by atoms with E-state index in [0.717, 1.165) is 30.7 Å². The molecule has 1 aliphatic rings. The average Bonchev–Trinajstić information content (AvgIpc) is 3.37. The molecule has 2 rings (SSSR count). The highest BCUT2D eigenvalue weighted by atomic mass is 127. The zero-order valence-electron chi connectivity index (χ0n) is 15.2. The fraction of sp³-hybridized carbons (Fsp3) is 0.611. The van der Waals surface area contributed by atoms with Crippen LogP contribution in [0.2, 0.25) is 0 Å². The zero-order valence-corrected chi connectivity index (χ0v) is 17.5. The highest BCUT2D eigenvalue weighted by molar-refractivity contribution is 14.0. The summed E-state index contributed by atoms with van der Waals surface area (Å²) in [6.07, 6.45) is 2.69. The minimum absolute atomic E-state index is 0. The van der Waals surface area contributed by atoms with Crippen LogP contribution in [0.3, 0.4) is 0 Å². The number of hydrogen-bond acceptors (Lipinski definition) is 3.